The summed E-state index contributed by atoms with van der Waals surface area (Å²) in [6, 6.07) is 4.86. The summed E-state index contributed by atoms with van der Waals surface area (Å²) in [5.41, 5.74) is 7.31. The molecule has 5 nitrogen and oxygen atoms in total. The topological polar surface area (TPSA) is 72.6 Å². The minimum absolute atomic E-state index is 0.199. The summed E-state index contributed by atoms with van der Waals surface area (Å²) in [5.74, 6) is 0. The summed E-state index contributed by atoms with van der Waals surface area (Å²) in [4.78, 5) is 0.199. The Morgan fingerprint density at radius 2 is 2.15 bits per heavy atom. The molecule has 112 valence electrons. The predicted octanol–water partition coefficient (Wildman–Crippen LogP) is 1.65. The third-order valence-corrected chi connectivity index (χ3v) is 4.87. The first-order valence-corrected chi connectivity index (χ1v) is 7.89. The van der Waals surface area contributed by atoms with Gasteiger partial charge in [-0.25, -0.2) is 8.42 Å². The molecule has 2 N–H and O–H groups in total. The second-order valence-corrected chi connectivity index (χ2v) is 6.30. The van der Waals surface area contributed by atoms with Crippen molar-refractivity contribution >= 4 is 15.7 Å². The van der Waals surface area contributed by atoms with Crippen molar-refractivity contribution < 1.29 is 13.2 Å². The molecular formula is C14H22N2O3S. The fraction of sp³-hybridized carbons (Fsp3) is 0.429. The first kappa shape index (κ1) is 16.7. The highest BCUT2D eigenvalue weighted by atomic mass is 32.2. The summed E-state index contributed by atoms with van der Waals surface area (Å²) in [6.45, 7) is 6.41. The zero-order chi connectivity index (χ0) is 15.2. The van der Waals surface area contributed by atoms with Crippen LogP contribution in [0.4, 0.5) is 5.69 Å². The molecule has 0 aliphatic carbocycles. The third-order valence-electron chi connectivity index (χ3n) is 3.01. The van der Waals surface area contributed by atoms with Gasteiger partial charge in [0.1, 0.15) is 0 Å². The van der Waals surface area contributed by atoms with Gasteiger partial charge in [0.25, 0.3) is 0 Å². The van der Waals surface area contributed by atoms with E-state index in [0.29, 0.717) is 12.3 Å². The molecule has 0 amide bonds. The van der Waals surface area contributed by atoms with Crippen LogP contribution < -0.4 is 5.73 Å². The minimum Gasteiger partial charge on any atom is -0.398 e. The summed E-state index contributed by atoms with van der Waals surface area (Å²) in [5, 5.41) is 0. The van der Waals surface area contributed by atoms with E-state index in [9.17, 15) is 8.42 Å². The number of nitrogens with zero attached hydrogens (tertiary/aromatic N) is 1. The molecule has 1 aromatic carbocycles. The molecule has 0 heterocycles. The number of hydrogen-bond donors (Lipinski definition) is 1. The SMILES string of the molecule is C=CCN(CCOC)S(=O)(=O)c1ccc(CC)c(N)c1. The number of sulfonamides is 1. The number of aryl methyl sites for hydroxylation is 1. The van der Waals surface area contributed by atoms with Crippen LogP contribution >= 0.6 is 0 Å². The molecule has 20 heavy (non-hydrogen) atoms. The van der Waals surface area contributed by atoms with E-state index in [0.717, 1.165) is 12.0 Å². The quantitative estimate of drug-likeness (QED) is 0.585. The summed E-state index contributed by atoms with van der Waals surface area (Å²) < 4.78 is 31.4. The molecule has 0 fully saturated rings. The van der Waals surface area contributed by atoms with E-state index in [1.54, 1.807) is 18.2 Å². The Morgan fingerprint density at radius 3 is 2.65 bits per heavy atom. The second kappa shape index (κ2) is 7.42. The number of nitrogens with two attached hydrogens (primary N) is 1. The monoisotopic (exact) mass is 298 g/mol. The van der Waals surface area contributed by atoms with Crippen LogP contribution in [0.3, 0.4) is 0 Å². The molecule has 0 saturated heterocycles. The lowest BCUT2D eigenvalue weighted by Gasteiger charge is -2.20. The van der Waals surface area contributed by atoms with Gasteiger partial charge < -0.3 is 10.5 Å². The number of hydrogen-bond acceptors (Lipinski definition) is 4. The van der Waals surface area contributed by atoms with Crippen LogP contribution in [-0.4, -0.2) is 39.5 Å². The largest absolute Gasteiger partial charge is 0.398 e. The van der Waals surface area contributed by atoms with E-state index in [2.05, 4.69) is 6.58 Å². The zero-order valence-electron chi connectivity index (χ0n) is 12.0. The van der Waals surface area contributed by atoms with Crippen LogP contribution in [0.15, 0.2) is 35.7 Å². The first-order valence-electron chi connectivity index (χ1n) is 6.45. The van der Waals surface area contributed by atoms with Crippen LogP contribution in [0.5, 0.6) is 0 Å². The van der Waals surface area contributed by atoms with Crippen molar-refractivity contribution in [3.8, 4) is 0 Å². The standard InChI is InChI=1S/C14H22N2O3S/c1-4-8-16(9-10-19-3)20(17,18)13-7-6-12(5-2)14(15)11-13/h4,6-7,11H,1,5,8-10,15H2,2-3H3. The van der Waals surface area contributed by atoms with Gasteiger partial charge in [0, 0.05) is 25.9 Å². The number of benzene rings is 1. The highest BCUT2D eigenvalue weighted by molar-refractivity contribution is 7.89. The third kappa shape index (κ3) is 3.82. The number of ether oxygens (including phenoxy) is 1. The van der Waals surface area contributed by atoms with Crippen molar-refractivity contribution in [1.29, 1.82) is 0 Å². The Hall–Kier alpha value is -1.37. The molecule has 0 radical (unpaired) electrons. The van der Waals surface area contributed by atoms with Gasteiger partial charge in [-0.2, -0.15) is 4.31 Å². The smallest absolute Gasteiger partial charge is 0.243 e. The van der Waals surface area contributed by atoms with Gasteiger partial charge >= 0.3 is 0 Å². The number of rotatable bonds is 8. The van der Waals surface area contributed by atoms with Gasteiger partial charge in [-0.15, -0.1) is 6.58 Å². The zero-order valence-corrected chi connectivity index (χ0v) is 12.8. The van der Waals surface area contributed by atoms with Crippen molar-refractivity contribution in [3.63, 3.8) is 0 Å². The van der Waals surface area contributed by atoms with Crippen LogP contribution in [0.1, 0.15) is 12.5 Å². The predicted molar refractivity (Wildman–Crippen MR) is 81.1 cm³/mol. The lowest BCUT2D eigenvalue weighted by atomic mass is 10.1. The Kier molecular flexibility index (Phi) is 6.19. The molecular weight excluding hydrogens is 276 g/mol. The molecule has 0 saturated carbocycles. The molecule has 0 unspecified atom stereocenters. The Balaban J connectivity index is 3.11. The molecule has 1 rings (SSSR count). The van der Waals surface area contributed by atoms with Crippen molar-refractivity contribution in [1.82, 2.24) is 4.31 Å². The van der Waals surface area contributed by atoms with Gasteiger partial charge in [0.15, 0.2) is 0 Å². The maximum Gasteiger partial charge on any atom is 0.243 e. The van der Waals surface area contributed by atoms with Gasteiger partial charge in [-0.3, -0.25) is 0 Å². The van der Waals surface area contributed by atoms with Gasteiger partial charge in [0.2, 0.25) is 10.0 Å². The maximum atomic E-state index is 12.5. The Bertz CT molecular complexity index is 556. The van der Waals surface area contributed by atoms with E-state index >= 15 is 0 Å². The summed E-state index contributed by atoms with van der Waals surface area (Å²) in [7, 11) is -2.05. The Morgan fingerprint density at radius 1 is 1.45 bits per heavy atom. The minimum atomic E-state index is -3.58. The van der Waals surface area contributed by atoms with Crippen molar-refractivity contribution in [2.24, 2.45) is 0 Å². The van der Waals surface area contributed by atoms with E-state index in [1.165, 1.54) is 17.5 Å². The lowest BCUT2D eigenvalue weighted by molar-refractivity contribution is 0.182. The normalized spacial score (nSPS) is 11.8. The van der Waals surface area contributed by atoms with Crippen LogP contribution in [0.25, 0.3) is 0 Å². The van der Waals surface area contributed by atoms with Gasteiger partial charge in [-0.1, -0.05) is 19.1 Å². The van der Waals surface area contributed by atoms with E-state index in [1.807, 2.05) is 6.92 Å². The van der Waals surface area contributed by atoms with Crippen LogP contribution in [-0.2, 0) is 21.2 Å². The fourth-order valence-corrected chi connectivity index (χ4v) is 3.28. The van der Waals surface area contributed by atoms with Crippen molar-refractivity contribution in [2.75, 3.05) is 32.5 Å². The molecule has 1 aromatic rings. The maximum absolute atomic E-state index is 12.5. The molecule has 0 aliphatic rings. The van der Waals surface area contributed by atoms with Crippen molar-refractivity contribution in [2.45, 2.75) is 18.2 Å². The number of methoxy groups -OCH3 is 1. The number of anilines is 1. The molecule has 0 bridgehead atoms. The van der Waals surface area contributed by atoms with Crippen molar-refractivity contribution in [3.05, 3.63) is 36.4 Å². The summed E-state index contributed by atoms with van der Waals surface area (Å²) in [6.07, 6.45) is 2.32. The first-order chi connectivity index (χ1) is 9.47. The molecule has 0 atom stereocenters. The Labute approximate surface area is 121 Å². The fourth-order valence-electron chi connectivity index (χ4n) is 1.85. The second-order valence-electron chi connectivity index (χ2n) is 4.36. The van der Waals surface area contributed by atoms with Gasteiger partial charge in [0.05, 0.1) is 11.5 Å². The summed E-state index contributed by atoms with van der Waals surface area (Å²) >= 11 is 0. The van der Waals surface area contributed by atoms with Crippen LogP contribution in [0, 0.1) is 0 Å². The molecule has 0 aromatic heterocycles. The average Bonchev–Trinajstić information content (AvgIpc) is 2.43. The molecule has 0 aliphatic heterocycles. The molecule has 0 spiro atoms. The van der Waals surface area contributed by atoms with Gasteiger partial charge in [-0.05, 0) is 24.1 Å². The lowest BCUT2D eigenvalue weighted by Crippen LogP contribution is -2.34. The highest BCUT2D eigenvalue weighted by Crippen LogP contribution is 2.21. The molecule has 6 heteroatoms. The average molecular weight is 298 g/mol. The number of nitrogen functional groups attached to an aromatic ring is 1. The van der Waals surface area contributed by atoms with E-state index in [4.69, 9.17) is 10.5 Å². The van der Waals surface area contributed by atoms with Crippen LogP contribution in [0.2, 0.25) is 0 Å². The van der Waals surface area contributed by atoms with E-state index in [-0.39, 0.29) is 18.0 Å². The van der Waals surface area contributed by atoms with E-state index < -0.39 is 10.0 Å². The highest BCUT2D eigenvalue weighted by Gasteiger charge is 2.23.